The Morgan fingerprint density at radius 3 is 2.41 bits per heavy atom. The minimum atomic E-state index is 0.0630. The first-order valence-electron chi connectivity index (χ1n) is 10.8. The molecule has 0 radical (unpaired) electrons. The summed E-state index contributed by atoms with van der Waals surface area (Å²) in [6.07, 6.45) is 6.18. The fourth-order valence-electron chi connectivity index (χ4n) is 4.59. The summed E-state index contributed by atoms with van der Waals surface area (Å²) in [6.45, 7) is 7.76. The molecule has 0 spiro atoms. The highest BCUT2D eigenvalue weighted by atomic mass is 32.1. The van der Waals surface area contributed by atoms with E-state index in [4.69, 9.17) is 0 Å². The molecule has 0 saturated carbocycles. The van der Waals surface area contributed by atoms with Crippen molar-refractivity contribution in [1.82, 2.24) is 9.80 Å². The van der Waals surface area contributed by atoms with Crippen LogP contribution in [-0.2, 0) is 0 Å². The molecular formula is C24H30N2O2S. The van der Waals surface area contributed by atoms with E-state index in [-0.39, 0.29) is 11.7 Å². The van der Waals surface area contributed by atoms with Crippen molar-refractivity contribution in [2.45, 2.75) is 52.0 Å². The highest BCUT2D eigenvalue weighted by molar-refractivity contribution is 7.17. The number of Topliss-reactive ketones (excluding diaryl/α,β-unsaturated/α-hetero) is 1. The average molecular weight is 411 g/mol. The van der Waals surface area contributed by atoms with Gasteiger partial charge in [0.1, 0.15) is 0 Å². The third kappa shape index (κ3) is 4.46. The van der Waals surface area contributed by atoms with Crippen molar-refractivity contribution in [3.8, 4) is 10.4 Å². The van der Waals surface area contributed by atoms with Gasteiger partial charge in [0, 0.05) is 29.6 Å². The van der Waals surface area contributed by atoms with Crippen molar-refractivity contribution in [2.24, 2.45) is 0 Å². The summed E-state index contributed by atoms with van der Waals surface area (Å²) in [4.78, 5) is 31.5. The number of hydrogen-bond acceptors (Lipinski definition) is 4. The van der Waals surface area contributed by atoms with Crippen molar-refractivity contribution in [3.63, 3.8) is 0 Å². The first-order chi connectivity index (χ1) is 14.0. The van der Waals surface area contributed by atoms with Gasteiger partial charge in [-0.2, -0.15) is 0 Å². The Morgan fingerprint density at radius 2 is 1.72 bits per heavy atom. The van der Waals surface area contributed by atoms with Crippen LogP contribution >= 0.6 is 11.3 Å². The molecule has 3 heterocycles. The van der Waals surface area contributed by atoms with Gasteiger partial charge in [0.15, 0.2) is 5.78 Å². The molecule has 154 valence electrons. The van der Waals surface area contributed by atoms with Gasteiger partial charge in [-0.15, -0.1) is 11.3 Å². The molecular weight excluding hydrogens is 380 g/mol. The minimum absolute atomic E-state index is 0.0630. The molecule has 1 amide bonds. The fourth-order valence-corrected chi connectivity index (χ4v) is 5.73. The van der Waals surface area contributed by atoms with Crippen LogP contribution in [0.5, 0.6) is 0 Å². The van der Waals surface area contributed by atoms with Crippen LogP contribution in [0.15, 0.2) is 30.3 Å². The maximum absolute atomic E-state index is 13.2. The second-order valence-electron chi connectivity index (χ2n) is 8.38. The number of likely N-dealkylation sites (tertiary alicyclic amines) is 2. The molecule has 4 rings (SSSR count). The van der Waals surface area contributed by atoms with Crippen LogP contribution in [0.1, 0.15) is 64.6 Å². The SMILES string of the molecule is CC(=O)c1cccc(-c2cc(C)c(C(=O)N3CCC(N4CCCCC4)CC3)s2)c1. The summed E-state index contributed by atoms with van der Waals surface area (Å²) in [5.41, 5.74) is 2.75. The van der Waals surface area contributed by atoms with E-state index in [0.717, 1.165) is 46.8 Å². The molecule has 2 saturated heterocycles. The van der Waals surface area contributed by atoms with E-state index in [9.17, 15) is 9.59 Å². The zero-order valence-electron chi connectivity index (χ0n) is 17.4. The number of rotatable bonds is 4. The van der Waals surface area contributed by atoms with Crippen LogP contribution in [0.2, 0.25) is 0 Å². The van der Waals surface area contributed by atoms with E-state index in [1.807, 2.05) is 36.1 Å². The van der Waals surface area contributed by atoms with Crippen molar-refractivity contribution in [1.29, 1.82) is 0 Å². The molecule has 0 unspecified atom stereocenters. The van der Waals surface area contributed by atoms with Crippen molar-refractivity contribution in [2.75, 3.05) is 26.2 Å². The van der Waals surface area contributed by atoms with Crippen LogP contribution in [-0.4, -0.2) is 53.7 Å². The highest BCUT2D eigenvalue weighted by Crippen LogP contribution is 2.33. The van der Waals surface area contributed by atoms with E-state index in [1.54, 1.807) is 18.3 Å². The Labute approximate surface area is 177 Å². The van der Waals surface area contributed by atoms with Gasteiger partial charge in [0.2, 0.25) is 0 Å². The van der Waals surface area contributed by atoms with Gasteiger partial charge >= 0.3 is 0 Å². The third-order valence-corrected chi connectivity index (χ3v) is 7.60. The number of thiophene rings is 1. The summed E-state index contributed by atoms with van der Waals surface area (Å²) in [7, 11) is 0. The second-order valence-corrected chi connectivity index (χ2v) is 9.43. The maximum atomic E-state index is 13.2. The number of aryl methyl sites for hydroxylation is 1. The Hall–Kier alpha value is -1.98. The van der Waals surface area contributed by atoms with Crippen LogP contribution in [0.4, 0.5) is 0 Å². The Bertz CT molecular complexity index is 890. The number of hydrogen-bond donors (Lipinski definition) is 0. The van der Waals surface area contributed by atoms with E-state index in [1.165, 1.54) is 32.4 Å². The number of piperidine rings is 2. The van der Waals surface area contributed by atoms with Gasteiger partial charge in [0.25, 0.3) is 5.91 Å². The predicted octanol–water partition coefficient (Wildman–Crippen LogP) is 5.02. The quantitative estimate of drug-likeness (QED) is 0.665. The normalized spacial score (nSPS) is 18.8. The van der Waals surface area contributed by atoms with Crippen LogP contribution in [0.3, 0.4) is 0 Å². The summed E-state index contributed by atoms with van der Waals surface area (Å²) in [6, 6.07) is 10.4. The molecule has 1 aromatic carbocycles. The number of ketones is 1. The van der Waals surface area contributed by atoms with Gasteiger partial charge in [-0.3, -0.25) is 9.59 Å². The van der Waals surface area contributed by atoms with Gasteiger partial charge in [-0.1, -0.05) is 24.6 Å². The van der Waals surface area contributed by atoms with Crippen LogP contribution < -0.4 is 0 Å². The van der Waals surface area contributed by atoms with Crippen molar-refractivity contribution < 1.29 is 9.59 Å². The number of nitrogens with zero attached hydrogens (tertiary/aromatic N) is 2. The summed E-state index contributed by atoms with van der Waals surface area (Å²) in [5, 5.41) is 0. The first kappa shape index (κ1) is 20.3. The molecule has 5 heteroatoms. The predicted molar refractivity (Wildman–Crippen MR) is 119 cm³/mol. The molecule has 0 atom stereocenters. The van der Waals surface area contributed by atoms with Crippen molar-refractivity contribution in [3.05, 3.63) is 46.3 Å². The topological polar surface area (TPSA) is 40.6 Å². The largest absolute Gasteiger partial charge is 0.338 e. The smallest absolute Gasteiger partial charge is 0.264 e. The lowest BCUT2D eigenvalue weighted by Gasteiger charge is -2.40. The standard InChI is InChI=1S/C24H30N2O2S/c1-17-15-22(20-8-6-7-19(16-20)18(2)27)29-23(17)24(28)26-13-9-21(10-14-26)25-11-4-3-5-12-25/h6-8,15-16,21H,3-5,9-14H2,1-2H3. The van der Waals surface area contributed by atoms with Gasteiger partial charge in [0.05, 0.1) is 4.88 Å². The van der Waals surface area contributed by atoms with E-state index < -0.39 is 0 Å². The molecule has 2 aliphatic heterocycles. The molecule has 0 aliphatic carbocycles. The second kappa shape index (κ2) is 8.80. The summed E-state index contributed by atoms with van der Waals surface area (Å²) >= 11 is 1.55. The number of carbonyl (C=O) groups excluding carboxylic acids is 2. The molecule has 0 N–H and O–H groups in total. The number of carbonyl (C=O) groups is 2. The molecule has 2 aromatic rings. The number of amides is 1. The van der Waals surface area contributed by atoms with Crippen LogP contribution in [0, 0.1) is 6.92 Å². The molecule has 4 nitrogen and oxygen atoms in total. The average Bonchev–Trinajstić information content (AvgIpc) is 3.15. The number of benzene rings is 1. The molecule has 0 bridgehead atoms. The van der Waals surface area contributed by atoms with Crippen molar-refractivity contribution >= 4 is 23.0 Å². The maximum Gasteiger partial charge on any atom is 0.264 e. The zero-order chi connectivity index (χ0) is 20.4. The Kier molecular flexibility index (Phi) is 6.16. The molecule has 29 heavy (non-hydrogen) atoms. The zero-order valence-corrected chi connectivity index (χ0v) is 18.3. The first-order valence-corrected chi connectivity index (χ1v) is 11.6. The molecule has 2 fully saturated rings. The third-order valence-electron chi connectivity index (χ3n) is 6.32. The van der Waals surface area contributed by atoms with E-state index >= 15 is 0 Å². The molecule has 1 aromatic heterocycles. The lowest BCUT2D eigenvalue weighted by molar-refractivity contribution is 0.0593. The van der Waals surface area contributed by atoms with Gasteiger partial charge in [-0.25, -0.2) is 0 Å². The van der Waals surface area contributed by atoms with Crippen LogP contribution in [0.25, 0.3) is 10.4 Å². The molecule has 2 aliphatic rings. The fraction of sp³-hybridized carbons (Fsp3) is 0.500. The Balaban J connectivity index is 1.44. The Morgan fingerprint density at radius 1 is 1.00 bits per heavy atom. The van der Waals surface area contributed by atoms with Gasteiger partial charge < -0.3 is 9.80 Å². The van der Waals surface area contributed by atoms with E-state index in [0.29, 0.717) is 11.6 Å². The monoisotopic (exact) mass is 410 g/mol. The highest BCUT2D eigenvalue weighted by Gasteiger charge is 2.29. The van der Waals surface area contributed by atoms with E-state index in [2.05, 4.69) is 11.0 Å². The lowest BCUT2D eigenvalue weighted by Crippen LogP contribution is -2.48. The summed E-state index contributed by atoms with van der Waals surface area (Å²) < 4.78 is 0. The van der Waals surface area contributed by atoms with Gasteiger partial charge in [-0.05, 0) is 75.9 Å². The minimum Gasteiger partial charge on any atom is -0.338 e. The summed E-state index contributed by atoms with van der Waals surface area (Å²) in [5.74, 6) is 0.228. The lowest BCUT2D eigenvalue weighted by atomic mass is 9.99.